The number of nitrogens with one attached hydrogen (secondary N) is 1. The molecule has 0 spiro atoms. The monoisotopic (exact) mass is 289 g/mol. The van der Waals surface area contributed by atoms with E-state index in [1.807, 2.05) is 0 Å². The van der Waals surface area contributed by atoms with Crippen LogP contribution >= 0.6 is 0 Å². The Bertz CT molecular complexity index is 686. The predicted octanol–water partition coefficient (Wildman–Crippen LogP) is 2.25. The van der Waals surface area contributed by atoms with Gasteiger partial charge in [-0.15, -0.1) is 0 Å². The topological polar surface area (TPSA) is 98.3 Å². The number of rotatable bonds is 4. The zero-order valence-electron chi connectivity index (χ0n) is 10.9. The summed E-state index contributed by atoms with van der Waals surface area (Å²) < 4.78 is 13.3. The second-order valence-corrected chi connectivity index (χ2v) is 4.38. The average molecular weight is 289 g/mol. The van der Waals surface area contributed by atoms with Gasteiger partial charge in [0.1, 0.15) is 5.82 Å². The van der Waals surface area contributed by atoms with Gasteiger partial charge in [-0.25, -0.2) is 4.39 Å². The van der Waals surface area contributed by atoms with Crippen molar-refractivity contribution in [3.8, 4) is 0 Å². The van der Waals surface area contributed by atoms with Gasteiger partial charge in [0.05, 0.1) is 11.0 Å². The van der Waals surface area contributed by atoms with Gasteiger partial charge in [-0.3, -0.25) is 14.9 Å². The molecule has 0 heterocycles. The van der Waals surface area contributed by atoms with Crippen molar-refractivity contribution in [2.75, 3.05) is 5.73 Å². The Morgan fingerprint density at radius 1 is 1.24 bits per heavy atom. The maximum Gasteiger partial charge on any atom is 0.273 e. The Kier molecular flexibility index (Phi) is 4.13. The number of nitro groups is 1. The fourth-order valence-corrected chi connectivity index (χ4v) is 1.73. The molecule has 2 rings (SSSR count). The van der Waals surface area contributed by atoms with Crippen LogP contribution in [0.3, 0.4) is 0 Å². The Labute approximate surface area is 119 Å². The number of carbonyl (C=O) groups excluding carboxylic acids is 1. The molecule has 2 aromatic carbocycles. The fourth-order valence-electron chi connectivity index (χ4n) is 1.73. The van der Waals surface area contributed by atoms with Gasteiger partial charge in [0.15, 0.2) is 0 Å². The van der Waals surface area contributed by atoms with Crippen molar-refractivity contribution in [2.24, 2.45) is 0 Å². The number of carbonyl (C=O) groups is 1. The zero-order chi connectivity index (χ0) is 15.4. The summed E-state index contributed by atoms with van der Waals surface area (Å²) in [6.45, 7) is 0.212. The highest BCUT2D eigenvalue weighted by atomic mass is 19.1. The van der Waals surface area contributed by atoms with Crippen molar-refractivity contribution in [2.45, 2.75) is 6.54 Å². The van der Waals surface area contributed by atoms with Crippen LogP contribution < -0.4 is 11.1 Å². The van der Waals surface area contributed by atoms with Crippen molar-refractivity contribution in [1.29, 1.82) is 0 Å². The lowest BCUT2D eigenvalue weighted by Crippen LogP contribution is -2.23. The number of hydrogen-bond acceptors (Lipinski definition) is 4. The van der Waals surface area contributed by atoms with Crippen LogP contribution in [-0.4, -0.2) is 10.8 Å². The highest BCUT2D eigenvalue weighted by molar-refractivity contribution is 5.94. The summed E-state index contributed by atoms with van der Waals surface area (Å²) in [6.07, 6.45) is 0. The van der Waals surface area contributed by atoms with Crippen LogP contribution in [0.25, 0.3) is 0 Å². The summed E-state index contributed by atoms with van der Waals surface area (Å²) in [6, 6.07) is 9.60. The van der Waals surface area contributed by atoms with Crippen LogP contribution in [0.4, 0.5) is 15.8 Å². The maximum atomic E-state index is 13.3. The van der Waals surface area contributed by atoms with Crippen molar-refractivity contribution in [3.63, 3.8) is 0 Å². The number of nitro benzene ring substituents is 1. The van der Waals surface area contributed by atoms with Gasteiger partial charge < -0.3 is 11.1 Å². The number of amides is 1. The molecule has 0 aliphatic carbocycles. The second kappa shape index (κ2) is 6.00. The van der Waals surface area contributed by atoms with E-state index in [0.29, 0.717) is 5.69 Å². The van der Waals surface area contributed by atoms with Gasteiger partial charge in [-0.1, -0.05) is 12.1 Å². The lowest BCUT2D eigenvalue weighted by Gasteiger charge is -2.06. The number of hydrogen-bond donors (Lipinski definition) is 2. The fraction of sp³-hybridized carbons (Fsp3) is 0.0714. The number of halogens is 1. The third-order valence-corrected chi connectivity index (χ3v) is 2.79. The molecule has 0 saturated carbocycles. The van der Waals surface area contributed by atoms with Crippen LogP contribution in [0.15, 0.2) is 42.5 Å². The minimum Gasteiger partial charge on any atom is -0.399 e. The molecule has 0 bridgehead atoms. The average Bonchev–Trinajstić information content (AvgIpc) is 2.45. The molecule has 3 N–H and O–H groups in total. The molecule has 0 aliphatic rings. The highest BCUT2D eigenvalue weighted by Crippen LogP contribution is 2.16. The first-order chi connectivity index (χ1) is 9.95. The van der Waals surface area contributed by atoms with Gasteiger partial charge in [0.2, 0.25) is 0 Å². The van der Waals surface area contributed by atoms with E-state index in [1.165, 1.54) is 0 Å². The third kappa shape index (κ3) is 3.75. The smallest absolute Gasteiger partial charge is 0.273 e. The third-order valence-electron chi connectivity index (χ3n) is 2.79. The molecule has 2 aromatic rings. The minimum atomic E-state index is -0.832. The van der Waals surface area contributed by atoms with E-state index >= 15 is 0 Å². The Hall–Kier alpha value is -2.96. The molecule has 0 radical (unpaired) electrons. The Morgan fingerprint density at radius 2 is 1.90 bits per heavy atom. The summed E-state index contributed by atoms with van der Waals surface area (Å²) in [5.74, 6) is -1.42. The first kappa shape index (κ1) is 14.4. The van der Waals surface area contributed by atoms with Crippen molar-refractivity contribution in [3.05, 3.63) is 69.5 Å². The van der Waals surface area contributed by atoms with E-state index in [-0.39, 0.29) is 12.1 Å². The molecule has 6 nitrogen and oxygen atoms in total. The van der Waals surface area contributed by atoms with E-state index < -0.39 is 22.3 Å². The number of nitrogen functional groups attached to an aromatic ring is 1. The molecule has 21 heavy (non-hydrogen) atoms. The number of anilines is 1. The zero-order valence-corrected chi connectivity index (χ0v) is 10.9. The summed E-state index contributed by atoms with van der Waals surface area (Å²) >= 11 is 0. The van der Waals surface area contributed by atoms with Crippen LogP contribution in [0, 0.1) is 15.9 Å². The van der Waals surface area contributed by atoms with E-state index in [1.54, 1.807) is 24.3 Å². The molecule has 7 heteroatoms. The van der Waals surface area contributed by atoms with Crippen molar-refractivity contribution < 1.29 is 14.1 Å². The normalized spacial score (nSPS) is 10.1. The molecule has 0 unspecified atom stereocenters. The predicted molar refractivity (Wildman–Crippen MR) is 75.1 cm³/mol. The first-order valence-electron chi connectivity index (χ1n) is 6.03. The Balaban J connectivity index is 2.09. The first-order valence-corrected chi connectivity index (χ1v) is 6.03. The van der Waals surface area contributed by atoms with Crippen molar-refractivity contribution >= 4 is 17.3 Å². The van der Waals surface area contributed by atoms with Gasteiger partial charge in [-0.2, -0.15) is 0 Å². The Morgan fingerprint density at radius 3 is 2.52 bits per heavy atom. The lowest BCUT2D eigenvalue weighted by atomic mass is 10.1. The minimum absolute atomic E-state index is 0.0999. The van der Waals surface area contributed by atoms with Crippen LogP contribution in [0.1, 0.15) is 15.9 Å². The summed E-state index contributed by atoms with van der Waals surface area (Å²) in [7, 11) is 0. The lowest BCUT2D eigenvalue weighted by molar-refractivity contribution is -0.385. The van der Waals surface area contributed by atoms with Gasteiger partial charge in [0, 0.05) is 23.9 Å². The molecule has 1 amide bonds. The summed E-state index contributed by atoms with van der Waals surface area (Å²) in [4.78, 5) is 21.8. The molecule has 0 fully saturated rings. The van der Waals surface area contributed by atoms with Crippen LogP contribution in [0.2, 0.25) is 0 Å². The van der Waals surface area contributed by atoms with Gasteiger partial charge in [-0.05, 0) is 23.8 Å². The molecular formula is C14H12FN3O3. The van der Waals surface area contributed by atoms with Crippen LogP contribution in [0.5, 0.6) is 0 Å². The van der Waals surface area contributed by atoms with E-state index in [0.717, 1.165) is 23.8 Å². The number of nitrogens with zero attached hydrogens (tertiary/aromatic N) is 1. The molecule has 0 saturated heterocycles. The number of benzene rings is 2. The SMILES string of the molecule is Nc1ccc(CNC(=O)c2cc(F)cc([N+](=O)[O-])c2)cc1. The molecular weight excluding hydrogens is 277 g/mol. The molecule has 0 aliphatic heterocycles. The van der Waals surface area contributed by atoms with Gasteiger partial charge in [0.25, 0.3) is 11.6 Å². The number of non-ortho nitro benzene ring substituents is 1. The van der Waals surface area contributed by atoms with E-state index in [2.05, 4.69) is 5.32 Å². The summed E-state index contributed by atoms with van der Waals surface area (Å²) in [5, 5.41) is 13.2. The quantitative estimate of drug-likeness (QED) is 0.512. The number of nitrogens with two attached hydrogens (primary N) is 1. The standard InChI is InChI=1S/C14H12FN3O3/c15-11-5-10(6-13(7-11)18(20)21)14(19)17-8-9-1-3-12(16)4-2-9/h1-7H,8,16H2,(H,17,19). The van der Waals surface area contributed by atoms with Gasteiger partial charge >= 0.3 is 0 Å². The van der Waals surface area contributed by atoms with E-state index in [4.69, 9.17) is 5.73 Å². The molecule has 108 valence electrons. The molecule has 0 aromatic heterocycles. The van der Waals surface area contributed by atoms with Crippen LogP contribution in [-0.2, 0) is 6.54 Å². The largest absolute Gasteiger partial charge is 0.399 e. The van der Waals surface area contributed by atoms with E-state index in [9.17, 15) is 19.3 Å². The van der Waals surface area contributed by atoms with Crippen molar-refractivity contribution in [1.82, 2.24) is 5.32 Å². The summed E-state index contributed by atoms with van der Waals surface area (Å²) in [5.41, 5.74) is 6.39. The molecule has 0 atom stereocenters. The maximum absolute atomic E-state index is 13.3. The highest BCUT2D eigenvalue weighted by Gasteiger charge is 2.14. The second-order valence-electron chi connectivity index (χ2n) is 4.38.